The highest BCUT2D eigenvalue weighted by Gasteiger charge is 2.24. The number of ether oxygens (including phenoxy) is 1. The zero-order chi connectivity index (χ0) is 14.7. The number of nitrogens with two attached hydrogens (primary N) is 1. The van der Waals surface area contributed by atoms with Crippen LogP contribution in [0.3, 0.4) is 0 Å². The van der Waals surface area contributed by atoms with E-state index in [4.69, 9.17) is 10.6 Å². The van der Waals surface area contributed by atoms with Crippen LogP contribution in [0.1, 0.15) is 17.3 Å². The van der Waals surface area contributed by atoms with Crippen LogP contribution < -0.4 is 16.0 Å². The van der Waals surface area contributed by atoms with Gasteiger partial charge in [0.1, 0.15) is 11.4 Å². The number of rotatable bonds is 4. The lowest BCUT2D eigenvalue weighted by atomic mass is 10.0. The van der Waals surface area contributed by atoms with Gasteiger partial charge in [-0.15, -0.1) is 0 Å². The van der Waals surface area contributed by atoms with Crippen molar-refractivity contribution in [2.75, 3.05) is 7.11 Å². The van der Waals surface area contributed by atoms with E-state index >= 15 is 0 Å². The molecule has 0 aliphatic heterocycles. The normalized spacial score (nSPS) is 12.2. The molecule has 0 saturated heterocycles. The number of methoxy groups -OCH3 is 1. The Labute approximate surface area is 113 Å². The molecule has 106 valence electrons. The molecule has 1 aromatic carbocycles. The second kappa shape index (κ2) is 5.89. The zero-order valence-corrected chi connectivity index (χ0v) is 10.5. The first kappa shape index (κ1) is 14.3. The van der Waals surface area contributed by atoms with Gasteiger partial charge in [0.25, 0.3) is 0 Å². The highest BCUT2D eigenvalue weighted by atomic mass is 19.2. The molecule has 0 amide bonds. The molecule has 0 fully saturated rings. The van der Waals surface area contributed by atoms with Crippen molar-refractivity contribution in [3.8, 4) is 5.75 Å². The van der Waals surface area contributed by atoms with E-state index in [1.54, 1.807) is 12.1 Å². The predicted octanol–water partition coefficient (Wildman–Crippen LogP) is 2.06. The standard InChI is InChI=1S/C13H12F3N3O/c1-20-9-3-2-6-18-13(9)12(19-17)7-4-5-8(14)11(16)10(7)15/h2-6,12,19H,17H2,1H3. The Morgan fingerprint density at radius 2 is 1.95 bits per heavy atom. The zero-order valence-electron chi connectivity index (χ0n) is 10.5. The van der Waals surface area contributed by atoms with Crippen molar-refractivity contribution < 1.29 is 17.9 Å². The summed E-state index contributed by atoms with van der Waals surface area (Å²) in [7, 11) is 1.41. The number of hydrogen-bond acceptors (Lipinski definition) is 4. The molecule has 4 nitrogen and oxygen atoms in total. The fourth-order valence-electron chi connectivity index (χ4n) is 1.87. The number of nitrogens with zero attached hydrogens (tertiary/aromatic N) is 1. The Bertz CT molecular complexity index is 622. The number of pyridine rings is 1. The first-order valence-electron chi connectivity index (χ1n) is 5.68. The SMILES string of the molecule is COc1cccnc1C(NN)c1ccc(F)c(F)c1F. The van der Waals surface area contributed by atoms with Gasteiger partial charge in [0.15, 0.2) is 17.5 Å². The van der Waals surface area contributed by atoms with Crippen LogP contribution in [0.15, 0.2) is 30.5 Å². The molecular weight excluding hydrogens is 271 g/mol. The minimum absolute atomic E-state index is 0.164. The largest absolute Gasteiger partial charge is 0.495 e. The molecule has 1 aromatic heterocycles. The van der Waals surface area contributed by atoms with Gasteiger partial charge in [-0.2, -0.15) is 0 Å². The molecule has 2 aromatic rings. The fraction of sp³-hybridized carbons (Fsp3) is 0.154. The number of hydrogen-bond donors (Lipinski definition) is 2. The lowest BCUT2D eigenvalue weighted by Gasteiger charge is -2.19. The average molecular weight is 283 g/mol. The van der Waals surface area contributed by atoms with Gasteiger partial charge < -0.3 is 4.74 Å². The highest BCUT2D eigenvalue weighted by Crippen LogP contribution is 2.30. The number of nitrogens with one attached hydrogen (secondary N) is 1. The molecule has 0 radical (unpaired) electrons. The van der Waals surface area contributed by atoms with Crippen molar-refractivity contribution in [3.63, 3.8) is 0 Å². The van der Waals surface area contributed by atoms with Crippen molar-refractivity contribution in [1.29, 1.82) is 0 Å². The molecule has 1 heterocycles. The molecule has 2 rings (SSSR count). The maximum atomic E-state index is 13.8. The van der Waals surface area contributed by atoms with Crippen LogP contribution >= 0.6 is 0 Å². The smallest absolute Gasteiger partial charge is 0.194 e. The second-order valence-corrected chi connectivity index (χ2v) is 3.96. The summed E-state index contributed by atoms with van der Waals surface area (Å²) < 4.78 is 45.2. The topological polar surface area (TPSA) is 60.2 Å². The minimum atomic E-state index is -1.56. The second-order valence-electron chi connectivity index (χ2n) is 3.96. The van der Waals surface area contributed by atoms with Crippen molar-refractivity contribution >= 4 is 0 Å². The van der Waals surface area contributed by atoms with E-state index in [1.165, 1.54) is 13.3 Å². The maximum Gasteiger partial charge on any atom is 0.194 e. The molecule has 0 bridgehead atoms. The quantitative estimate of drug-likeness (QED) is 0.512. The molecule has 20 heavy (non-hydrogen) atoms. The first-order valence-corrected chi connectivity index (χ1v) is 5.68. The summed E-state index contributed by atoms with van der Waals surface area (Å²) in [5, 5.41) is 0. The van der Waals surface area contributed by atoms with Crippen molar-refractivity contribution in [1.82, 2.24) is 10.4 Å². The van der Waals surface area contributed by atoms with E-state index in [1.807, 2.05) is 0 Å². The van der Waals surface area contributed by atoms with Crippen LogP contribution in [0.4, 0.5) is 13.2 Å². The number of aromatic nitrogens is 1. The fourth-order valence-corrected chi connectivity index (χ4v) is 1.87. The first-order chi connectivity index (χ1) is 9.60. The van der Waals surface area contributed by atoms with E-state index in [2.05, 4.69) is 10.4 Å². The molecule has 0 saturated carbocycles. The van der Waals surface area contributed by atoms with Crippen LogP contribution in [0.25, 0.3) is 0 Å². The third kappa shape index (κ3) is 2.45. The Kier molecular flexibility index (Phi) is 4.21. The van der Waals surface area contributed by atoms with E-state index in [9.17, 15) is 13.2 Å². The Morgan fingerprint density at radius 1 is 1.20 bits per heavy atom. The summed E-state index contributed by atoms with van der Waals surface area (Å²) in [6.07, 6.45) is 1.46. The number of hydrazine groups is 1. The van der Waals surface area contributed by atoms with Gasteiger partial charge in [-0.1, -0.05) is 6.07 Å². The molecule has 7 heteroatoms. The molecule has 0 spiro atoms. The van der Waals surface area contributed by atoms with Gasteiger partial charge in [-0.05, 0) is 18.2 Å². The molecule has 1 unspecified atom stereocenters. The van der Waals surface area contributed by atoms with Gasteiger partial charge in [-0.25, -0.2) is 18.6 Å². The lowest BCUT2D eigenvalue weighted by molar-refractivity contribution is 0.396. The summed E-state index contributed by atoms with van der Waals surface area (Å²) in [6, 6.07) is 4.18. The number of halogens is 3. The predicted molar refractivity (Wildman–Crippen MR) is 66.3 cm³/mol. The van der Waals surface area contributed by atoms with Crippen molar-refractivity contribution in [2.24, 2.45) is 5.84 Å². The summed E-state index contributed by atoms with van der Waals surface area (Å²) in [4.78, 5) is 4.04. The lowest BCUT2D eigenvalue weighted by Crippen LogP contribution is -2.30. The monoisotopic (exact) mass is 283 g/mol. The van der Waals surface area contributed by atoms with Gasteiger partial charge in [-0.3, -0.25) is 10.8 Å². The van der Waals surface area contributed by atoms with E-state index in [0.29, 0.717) is 5.75 Å². The molecular formula is C13H12F3N3O. The molecule has 0 aliphatic rings. The van der Waals surface area contributed by atoms with E-state index in [0.717, 1.165) is 12.1 Å². The summed E-state index contributed by atoms with van der Waals surface area (Å²) in [5.74, 6) is 1.59. The van der Waals surface area contributed by atoms with Crippen LogP contribution in [0.2, 0.25) is 0 Å². The van der Waals surface area contributed by atoms with Gasteiger partial charge >= 0.3 is 0 Å². The van der Waals surface area contributed by atoms with Crippen molar-refractivity contribution in [2.45, 2.75) is 6.04 Å². The average Bonchev–Trinajstić information content (AvgIpc) is 2.48. The third-order valence-corrected chi connectivity index (χ3v) is 2.84. The van der Waals surface area contributed by atoms with Crippen LogP contribution in [-0.2, 0) is 0 Å². The number of benzene rings is 1. The van der Waals surface area contributed by atoms with Crippen LogP contribution in [0.5, 0.6) is 5.75 Å². The third-order valence-electron chi connectivity index (χ3n) is 2.84. The highest BCUT2D eigenvalue weighted by molar-refractivity contribution is 5.37. The van der Waals surface area contributed by atoms with Gasteiger partial charge in [0.05, 0.1) is 13.2 Å². The molecule has 1 atom stereocenters. The molecule has 3 N–H and O–H groups in total. The van der Waals surface area contributed by atoms with Crippen molar-refractivity contribution in [3.05, 3.63) is 59.2 Å². The van der Waals surface area contributed by atoms with E-state index in [-0.39, 0.29) is 11.3 Å². The van der Waals surface area contributed by atoms with Crippen LogP contribution in [-0.4, -0.2) is 12.1 Å². The summed E-state index contributed by atoms with van der Waals surface area (Å²) in [6.45, 7) is 0. The minimum Gasteiger partial charge on any atom is -0.495 e. The van der Waals surface area contributed by atoms with E-state index < -0.39 is 23.5 Å². The van der Waals surface area contributed by atoms with Crippen LogP contribution in [0, 0.1) is 17.5 Å². The van der Waals surface area contributed by atoms with Gasteiger partial charge in [0.2, 0.25) is 0 Å². The summed E-state index contributed by atoms with van der Waals surface area (Å²) in [5.41, 5.74) is 2.43. The maximum absolute atomic E-state index is 13.8. The Hall–Kier alpha value is -2.12. The Morgan fingerprint density at radius 3 is 2.60 bits per heavy atom. The Balaban J connectivity index is 2.56. The van der Waals surface area contributed by atoms with Gasteiger partial charge in [0, 0.05) is 11.8 Å². The summed E-state index contributed by atoms with van der Waals surface area (Å²) >= 11 is 0. The molecule has 0 aliphatic carbocycles.